The fraction of sp³-hybridized carbons (Fsp3) is 1.00. The van der Waals surface area contributed by atoms with Crippen LogP contribution in [0.1, 0.15) is 0 Å². The van der Waals surface area contributed by atoms with Gasteiger partial charge in [-0.2, -0.15) is 0 Å². The molecule has 0 spiro atoms. The van der Waals surface area contributed by atoms with Gasteiger partial charge in [0.25, 0.3) is 0 Å². The molecule has 1 unspecified atom stereocenters. The van der Waals surface area contributed by atoms with Gasteiger partial charge < -0.3 is 4.74 Å². The van der Waals surface area contributed by atoms with E-state index in [-0.39, 0.29) is 6.61 Å². The second kappa shape index (κ2) is 3.45. The van der Waals surface area contributed by atoms with Gasteiger partial charge in [0.15, 0.2) is 0 Å². The van der Waals surface area contributed by atoms with Crippen molar-refractivity contribution in [1.82, 2.24) is 5.01 Å². The summed E-state index contributed by atoms with van der Waals surface area (Å²) in [5.41, 5.74) is 0. The number of ether oxygens (including phenoxy) is 1. The number of nitroso groups, excluding NO2 is 1. The van der Waals surface area contributed by atoms with Crippen molar-refractivity contribution in [2.75, 3.05) is 19.8 Å². The van der Waals surface area contributed by atoms with Crippen LogP contribution in [0.2, 0.25) is 0 Å². The highest BCUT2D eigenvalue weighted by atomic mass is 17.1. The Bertz CT molecular complexity index is 120. The van der Waals surface area contributed by atoms with E-state index in [0.717, 1.165) is 5.01 Å². The van der Waals surface area contributed by atoms with Crippen LogP contribution in [0.15, 0.2) is 5.29 Å². The second-order valence-electron chi connectivity index (χ2n) is 1.88. The number of hydrogen-bond acceptors (Lipinski definition) is 5. The first-order chi connectivity index (χ1) is 4.88. The summed E-state index contributed by atoms with van der Waals surface area (Å²) in [6, 6.07) is 0. The quantitative estimate of drug-likeness (QED) is 0.334. The zero-order chi connectivity index (χ0) is 7.40. The van der Waals surface area contributed by atoms with Gasteiger partial charge in [0, 0.05) is 0 Å². The molecular weight excluding hydrogens is 140 g/mol. The highest BCUT2D eigenvalue weighted by Gasteiger charge is 2.23. The normalized spacial score (nSPS) is 26.5. The van der Waals surface area contributed by atoms with Crippen LogP contribution < -0.4 is 0 Å². The van der Waals surface area contributed by atoms with Crippen LogP contribution in [0.4, 0.5) is 0 Å². The van der Waals surface area contributed by atoms with E-state index in [9.17, 15) is 4.91 Å². The highest BCUT2D eigenvalue weighted by Crippen LogP contribution is 2.06. The highest BCUT2D eigenvalue weighted by molar-refractivity contribution is 4.61. The fourth-order valence-corrected chi connectivity index (χ4v) is 0.751. The van der Waals surface area contributed by atoms with Gasteiger partial charge >= 0.3 is 0 Å². The molecule has 0 aromatic heterocycles. The lowest BCUT2D eigenvalue weighted by Crippen LogP contribution is -2.42. The third-order valence-corrected chi connectivity index (χ3v) is 1.28. The zero-order valence-corrected chi connectivity index (χ0v) is 5.27. The topological polar surface area (TPSA) is 71.4 Å². The lowest BCUT2D eigenvalue weighted by Gasteiger charge is -2.27. The molecule has 1 fully saturated rings. The van der Waals surface area contributed by atoms with Crippen LogP contribution in [0.25, 0.3) is 0 Å². The van der Waals surface area contributed by atoms with Gasteiger partial charge in [-0.3, -0.25) is 0 Å². The predicted octanol–water partition coefficient (Wildman–Crippen LogP) is -0.184. The van der Waals surface area contributed by atoms with Gasteiger partial charge in [-0.25, -0.2) is 15.2 Å². The number of hydrogen-bond donors (Lipinski definition) is 1. The van der Waals surface area contributed by atoms with Crippen LogP contribution in [-0.4, -0.2) is 36.3 Å². The lowest BCUT2D eigenvalue weighted by molar-refractivity contribution is -0.332. The number of nitrogens with zero attached hydrogens (tertiary/aromatic N) is 2. The Balaban J connectivity index is 2.41. The molecule has 0 aliphatic carbocycles. The van der Waals surface area contributed by atoms with Crippen LogP contribution >= 0.6 is 0 Å². The van der Waals surface area contributed by atoms with Crippen molar-refractivity contribution in [2.45, 2.75) is 6.23 Å². The smallest absolute Gasteiger partial charge is 0.205 e. The number of morpholine rings is 1. The summed E-state index contributed by atoms with van der Waals surface area (Å²) in [5.74, 6) is 0. The van der Waals surface area contributed by atoms with Crippen molar-refractivity contribution in [3.63, 3.8) is 0 Å². The monoisotopic (exact) mass is 148 g/mol. The van der Waals surface area contributed by atoms with Crippen molar-refractivity contribution in [2.24, 2.45) is 5.29 Å². The van der Waals surface area contributed by atoms with Gasteiger partial charge in [0.1, 0.15) is 0 Å². The molecule has 1 saturated heterocycles. The molecule has 0 amide bonds. The van der Waals surface area contributed by atoms with Crippen LogP contribution in [0.3, 0.4) is 0 Å². The summed E-state index contributed by atoms with van der Waals surface area (Å²) in [5, 5.41) is 11.9. The summed E-state index contributed by atoms with van der Waals surface area (Å²) in [6.45, 7) is 0.961. The average molecular weight is 148 g/mol. The maximum absolute atomic E-state index is 9.96. The largest absolute Gasteiger partial charge is 0.375 e. The Kier molecular flexibility index (Phi) is 2.55. The first-order valence-electron chi connectivity index (χ1n) is 2.86. The van der Waals surface area contributed by atoms with Gasteiger partial charge in [-0.1, -0.05) is 0 Å². The van der Waals surface area contributed by atoms with E-state index >= 15 is 0 Å². The fourth-order valence-electron chi connectivity index (χ4n) is 0.751. The van der Waals surface area contributed by atoms with Gasteiger partial charge in [0.05, 0.1) is 25.0 Å². The van der Waals surface area contributed by atoms with E-state index < -0.39 is 6.23 Å². The molecular formula is C4H8N2O4. The molecule has 0 aromatic carbocycles. The molecule has 0 aromatic rings. The van der Waals surface area contributed by atoms with Gasteiger partial charge in [0.2, 0.25) is 6.23 Å². The Morgan fingerprint density at radius 3 is 3.10 bits per heavy atom. The van der Waals surface area contributed by atoms with E-state index in [2.05, 4.69) is 10.2 Å². The Labute approximate surface area is 57.2 Å². The van der Waals surface area contributed by atoms with Crippen LogP contribution in [0.5, 0.6) is 0 Å². The lowest BCUT2D eigenvalue weighted by atomic mass is 10.5. The Hall–Kier alpha value is -0.720. The van der Waals surface area contributed by atoms with Crippen molar-refractivity contribution in [3.8, 4) is 0 Å². The van der Waals surface area contributed by atoms with Crippen molar-refractivity contribution in [3.05, 3.63) is 4.91 Å². The molecule has 0 bridgehead atoms. The van der Waals surface area contributed by atoms with E-state index in [0.29, 0.717) is 13.2 Å². The minimum absolute atomic E-state index is 0.169. The Morgan fingerprint density at radius 2 is 2.60 bits per heavy atom. The third kappa shape index (κ3) is 1.41. The second-order valence-corrected chi connectivity index (χ2v) is 1.88. The zero-order valence-electron chi connectivity index (χ0n) is 5.27. The predicted molar refractivity (Wildman–Crippen MR) is 30.8 cm³/mol. The minimum Gasteiger partial charge on any atom is -0.375 e. The van der Waals surface area contributed by atoms with Crippen molar-refractivity contribution in [1.29, 1.82) is 0 Å². The molecule has 0 saturated carbocycles. The molecule has 10 heavy (non-hydrogen) atoms. The molecule has 6 nitrogen and oxygen atoms in total. The summed E-state index contributed by atoms with van der Waals surface area (Å²) in [6.07, 6.45) is -0.744. The molecule has 1 heterocycles. The summed E-state index contributed by atoms with van der Waals surface area (Å²) in [4.78, 5) is 13.9. The molecule has 0 radical (unpaired) electrons. The van der Waals surface area contributed by atoms with Crippen molar-refractivity contribution < 1.29 is 14.9 Å². The number of rotatable bonds is 2. The molecule has 1 aliphatic heterocycles. The molecule has 6 heteroatoms. The molecule has 1 atom stereocenters. The van der Waals surface area contributed by atoms with E-state index in [1.165, 1.54) is 0 Å². The van der Waals surface area contributed by atoms with Crippen LogP contribution in [0, 0.1) is 4.91 Å². The van der Waals surface area contributed by atoms with E-state index in [1.807, 2.05) is 0 Å². The first-order valence-corrected chi connectivity index (χ1v) is 2.86. The summed E-state index contributed by atoms with van der Waals surface area (Å²) in [7, 11) is 0. The SMILES string of the molecule is O=NN1CCOCC1OO. The molecule has 1 rings (SSSR count). The van der Waals surface area contributed by atoms with Gasteiger partial charge in [-0.15, -0.1) is 4.91 Å². The van der Waals surface area contributed by atoms with E-state index in [1.54, 1.807) is 0 Å². The van der Waals surface area contributed by atoms with E-state index in [4.69, 9.17) is 9.99 Å². The van der Waals surface area contributed by atoms with Gasteiger partial charge in [-0.05, 0) is 0 Å². The van der Waals surface area contributed by atoms with Crippen molar-refractivity contribution >= 4 is 0 Å². The average Bonchev–Trinajstić information content (AvgIpc) is 2.04. The Morgan fingerprint density at radius 1 is 1.80 bits per heavy atom. The standard InChI is InChI=1S/C4H8N2O4/c7-5-6-1-2-9-3-4(6)10-8/h4,8H,1-3H2. The molecule has 1 aliphatic rings. The first kappa shape index (κ1) is 7.39. The summed E-state index contributed by atoms with van der Waals surface area (Å²) >= 11 is 0. The third-order valence-electron chi connectivity index (χ3n) is 1.28. The van der Waals surface area contributed by atoms with Crippen LogP contribution in [-0.2, 0) is 9.62 Å². The maximum atomic E-state index is 9.96. The molecule has 58 valence electrons. The summed E-state index contributed by atoms with van der Waals surface area (Å²) < 4.78 is 4.88. The molecule has 1 N–H and O–H groups in total. The maximum Gasteiger partial charge on any atom is 0.205 e. The minimum atomic E-state index is -0.744.